The molecule has 0 aliphatic rings. The summed E-state index contributed by atoms with van der Waals surface area (Å²) in [6, 6.07) is -0.395. The molecule has 6 nitrogen and oxygen atoms in total. The standard InChI is InChI=1S/C11H22N2O4/c1-8(4-5-10(14)15)12-11(16)13-9(2)6-7-17-3/h8-9H,4-7H2,1-3H3,(H,14,15)(H2,12,13,16). The van der Waals surface area contributed by atoms with Gasteiger partial charge in [-0.3, -0.25) is 4.79 Å². The Morgan fingerprint density at radius 1 is 1.18 bits per heavy atom. The first-order valence-electron chi connectivity index (χ1n) is 5.73. The molecule has 2 unspecified atom stereocenters. The van der Waals surface area contributed by atoms with Crippen molar-refractivity contribution in [2.75, 3.05) is 13.7 Å². The summed E-state index contributed by atoms with van der Waals surface area (Å²) >= 11 is 0. The number of urea groups is 1. The molecule has 0 aliphatic heterocycles. The van der Waals surface area contributed by atoms with Crippen LogP contribution in [0.15, 0.2) is 0 Å². The van der Waals surface area contributed by atoms with Gasteiger partial charge in [0.1, 0.15) is 0 Å². The second kappa shape index (κ2) is 8.81. The molecular weight excluding hydrogens is 224 g/mol. The molecule has 17 heavy (non-hydrogen) atoms. The summed E-state index contributed by atoms with van der Waals surface area (Å²) in [4.78, 5) is 21.8. The average Bonchev–Trinajstić information content (AvgIpc) is 2.23. The zero-order chi connectivity index (χ0) is 13.3. The maximum absolute atomic E-state index is 11.5. The maximum Gasteiger partial charge on any atom is 0.315 e. The number of carbonyl (C=O) groups excluding carboxylic acids is 1. The normalized spacial score (nSPS) is 13.8. The van der Waals surface area contributed by atoms with Crippen molar-refractivity contribution in [3.63, 3.8) is 0 Å². The Hall–Kier alpha value is -1.30. The highest BCUT2D eigenvalue weighted by Gasteiger charge is 2.11. The van der Waals surface area contributed by atoms with E-state index >= 15 is 0 Å². The molecular formula is C11H22N2O4. The largest absolute Gasteiger partial charge is 0.481 e. The molecule has 100 valence electrons. The van der Waals surface area contributed by atoms with E-state index in [9.17, 15) is 9.59 Å². The minimum Gasteiger partial charge on any atom is -0.481 e. The zero-order valence-corrected chi connectivity index (χ0v) is 10.7. The molecule has 0 bridgehead atoms. The third-order valence-electron chi connectivity index (χ3n) is 2.30. The quantitative estimate of drug-likeness (QED) is 0.595. The first kappa shape index (κ1) is 15.7. The van der Waals surface area contributed by atoms with Gasteiger partial charge in [0, 0.05) is 32.2 Å². The Bertz CT molecular complexity index is 246. The summed E-state index contributed by atoms with van der Waals surface area (Å²) in [7, 11) is 1.61. The van der Waals surface area contributed by atoms with Gasteiger partial charge < -0.3 is 20.5 Å². The van der Waals surface area contributed by atoms with Gasteiger partial charge in [0.15, 0.2) is 0 Å². The number of ether oxygens (including phenoxy) is 1. The number of nitrogens with one attached hydrogen (secondary N) is 2. The Balaban J connectivity index is 3.73. The lowest BCUT2D eigenvalue weighted by molar-refractivity contribution is -0.137. The molecule has 0 aromatic carbocycles. The highest BCUT2D eigenvalue weighted by atomic mass is 16.5. The average molecular weight is 246 g/mol. The van der Waals surface area contributed by atoms with Crippen LogP contribution >= 0.6 is 0 Å². The van der Waals surface area contributed by atoms with Crippen molar-refractivity contribution >= 4 is 12.0 Å². The Kier molecular flexibility index (Phi) is 8.13. The van der Waals surface area contributed by atoms with Gasteiger partial charge in [-0.05, 0) is 26.7 Å². The van der Waals surface area contributed by atoms with Crippen LogP contribution < -0.4 is 10.6 Å². The van der Waals surface area contributed by atoms with Crippen LogP contribution in [0.5, 0.6) is 0 Å². The van der Waals surface area contributed by atoms with E-state index in [1.165, 1.54) is 0 Å². The molecule has 0 heterocycles. The van der Waals surface area contributed by atoms with E-state index in [-0.39, 0.29) is 24.5 Å². The highest BCUT2D eigenvalue weighted by molar-refractivity contribution is 5.74. The number of carbonyl (C=O) groups is 2. The van der Waals surface area contributed by atoms with Crippen molar-refractivity contribution in [1.82, 2.24) is 10.6 Å². The van der Waals surface area contributed by atoms with Crippen LogP contribution in [0.2, 0.25) is 0 Å². The molecule has 0 saturated carbocycles. The third-order valence-corrected chi connectivity index (χ3v) is 2.30. The van der Waals surface area contributed by atoms with Crippen LogP contribution in [0.3, 0.4) is 0 Å². The van der Waals surface area contributed by atoms with E-state index in [2.05, 4.69) is 10.6 Å². The van der Waals surface area contributed by atoms with Crippen LogP contribution in [0.1, 0.15) is 33.1 Å². The van der Waals surface area contributed by atoms with Crippen molar-refractivity contribution in [3.05, 3.63) is 0 Å². The minimum absolute atomic E-state index is 0.0293. The molecule has 2 amide bonds. The fourth-order valence-electron chi connectivity index (χ4n) is 1.27. The Labute approximate surface area is 102 Å². The van der Waals surface area contributed by atoms with Crippen LogP contribution in [-0.4, -0.2) is 42.9 Å². The maximum atomic E-state index is 11.5. The molecule has 0 aromatic rings. The zero-order valence-electron chi connectivity index (χ0n) is 10.7. The summed E-state index contributed by atoms with van der Waals surface area (Å²) in [5, 5.41) is 13.9. The molecule has 6 heteroatoms. The van der Waals surface area contributed by atoms with Gasteiger partial charge >= 0.3 is 12.0 Å². The Morgan fingerprint density at radius 3 is 2.18 bits per heavy atom. The predicted octanol–water partition coefficient (Wildman–Crippen LogP) is 0.964. The first-order chi connectivity index (χ1) is 7.95. The van der Waals surface area contributed by atoms with Crippen molar-refractivity contribution in [1.29, 1.82) is 0 Å². The highest BCUT2D eigenvalue weighted by Crippen LogP contribution is 1.97. The van der Waals surface area contributed by atoms with Gasteiger partial charge in [0.05, 0.1) is 0 Å². The second-order valence-corrected chi connectivity index (χ2v) is 4.13. The van der Waals surface area contributed by atoms with Gasteiger partial charge in [-0.2, -0.15) is 0 Å². The number of rotatable bonds is 8. The van der Waals surface area contributed by atoms with Crippen LogP contribution in [0.4, 0.5) is 4.79 Å². The van der Waals surface area contributed by atoms with Gasteiger partial charge in [0.25, 0.3) is 0 Å². The van der Waals surface area contributed by atoms with Crippen molar-refractivity contribution in [2.45, 2.75) is 45.2 Å². The number of aliphatic carboxylic acids is 1. The van der Waals surface area contributed by atoms with Gasteiger partial charge in [-0.25, -0.2) is 4.79 Å². The number of carboxylic acids is 1. The van der Waals surface area contributed by atoms with Crippen molar-refractivity contribution in [2.24, 2.45) is 0 Å². The molecule has 0 aromatic heterocycles. The molecule has 0 saturated heterocycles. The summed E-state index contributed by atoms with van der Waals surface area (Å²) in [6.45, 7) is 4.26. The Morgan fingerprint density at radius 2 is 1.71 bits per heavy atom. The fourth-order valence-corrected chi connectivity index (χ4v) is 1.27. The third kappa shape index (κ3) is 9.62. The topological polar surface area (TPSA) is 87.7 Å². The van der Waals surface area contributed by atoms with Crippen LogP contribution in [0, 0.1) is 0 Å². The molecule has 0 spiro atoms. The summed E-state index contributed by atoms with van der Waals surface area (Å²) in [5.41, 5.74) is 0. The number of methoxy groups -OCH3 is 1. The smallest absolute Gasteiger partial charge is 0.315 e. The molecule has 0 aliphatic carbocycles. The molecule has 0 fully saturated rings. The van der Waals surface area contributed by atoms with Crippen molar-refractivity contribution in [3.8, 4) is 0 Å². The van der Waals surface area contributed by atoms with E-state index in [1.54, 1.807) is 14.0 Å². The lowest BCUT2D eigenvalue weighted by atomic mass is 10.2. The van der Waals surface area contributed by atoms with Gasteiger partial charge in [0.2, 0.25) is 0 Å². The van der Waals surface area contributed by atoms with Gasteiger partial charge in [-0.15, -0.1) is 0 Å². The summed E-state index contributed by atoms with van der Waals surface area (Å²) < 4.78 is 4.90. The van der Waals surface area contributed by atoms with Gasteiger partial charge in [-0.1, -0.05) is 0 Å². The fraction of sp³-hybridized carbons (Fsp3) is 0.818. The second-order valence-electron chi connectivity index (χ2n) is 4.13. The number of amides is 2. The minimum atomic E-state index is -0.854. The molecule has 2 atom stereocenters. The first-order valence-corrected chi connectivity index (χ1v) is 5.73. The molecule has 3 N–H and O–H groups in total. The predicted molar refractivity (Wildman–Crippen MR) is 64.0 cm³/mol. The molecule has 0 radical (unpaired) electrons. The monoisotopic (exact) mass is 246 g/mol. The van der Waals surface area contributed by atoms with E-state index in [0.717, 1.165) is 6.42 Å². The lowest BCUT2D eigenvalue weighted by Crippen LogP contribution is -2.44. The number of hydrogen-bond acceptors (Lipinski definition) is 3. The van der Waals surface area contributed by atoms with E-state index in [1.807, 2.05) is 6.92 Å². The van der Waals surface area contributed by atoms with Crippen LogP contribution in [0.25, 0.3) is 0 Å². The van der Waals surface area contributed by atoms with Crippen LogP contribution in [-0.2, 0) is 9.53 Å². The number of hydrogen-bond donors (Lipinski definition) is 3. The molecule has 0 rings (SSSR count). The lowest BCUT2D eigenvalue weighted by Gasteiger charge is -2.17. The SMILES string of the molecule is COCCC(C)NC(=O)NC(C)CCC(=O)O. The summed E-state index contributed by atoms with van der Waals surface area (Å²) in [6.07, 6.45) is 1.23. The summed E-state index contributed by atoms with van der Waals surface area (Å²) in [5.74, 6) is -0.854. The number of carboxylic acid groups (broad SMARTS) is 1. The van der Waals surface area contributed by atoms with E-state index in [4.69, 9.17) is 9.84 Å². The van der Waals surface area contributed by atoms with E-state index < -0.39 is 5.97 Å². The van der Waals surface area contributed by atoms with E-state index in [0.29, 0.717) is 13.0 Å². The van der Waals surface area contributed by atoms with Crippen molar-refractivity contribution < 1.29 is 19.4 Å².